The summed E-state index contributed by atoms with van der Waals surface area (Å²) in [6.07, 6.45) is 0. The molecule has 0 spiro atoms. The van der Waals surface area contributed by atoms with Crippen molar-refractivity contribution in [3.05, 3.63) is 65.2 Å². The van der Waals surface area contributed by atoms with E-state index >= 15 is 0 Å². The SMILES string of the molecule is COc1ccc(C(C)N2C(=O)c3ccccc3C2=O)cc1. The van der Waals surface area contributed by atoms with Crippen molar-refractivity contribution < 1.29 is 14.3 Å². The van der Waals surface area contributed by atoms with Gasteiger partial charge in [-0.15, -0.1) is 0 Å². The number of hydrogen-bond donors (Lipinski definition) is 0. The lowest BCUT2D eigenvalue weighted by Gasteiger charge is -2.23. The van der Waals surface area contributed by atoms with Crippen LogP contribution in [0.1, 0.15) is 39.2 Å². The molecule has 0 aliphatic carbocycles. The fraction of sp³-hybridized carbons (Fsp3) is 0.176. The minimum absolute atomic E-state index is 0.237. The smallest absolute Gasteiger partial charge is 0.262 e. The molecule has 0 fully saturated rings. The quantitative estimate of drug-likeness (QED) is 0.812. The van der Waals surface area contributed by atoms with E-state index in [1.165, 1.54) is 4.90 Å². The van der Waals surface area contributed by atoms with Crippen LogP contribution in [0.2, 0.25) is 0 Å². The number of fused-ring (bicyclic) bond motifs is 1. The van der Waals surface area contributed by atoms with Gasteiger partial charge in [0.2, 0.25) is 0 Å². The number of ether oxygens (including phenoxy) is 1. The second kappa shape index (κ2) is 5.05. The monoisotopic (exact) mass is 281 g/mol. The van der Waals surface area contributed by atoms with Gasteiger partial charge in [0, 0.05) is 0 Å². The first-order valence-corrected chi connectivity index (χ1v) is 6.74. The first-order chi connectivity index (χ1) is 10.1. The number of benzene rings is 2. The molecule has 1 aliphatic heterocycles. The van der Waals surface area contributed by atoms with Crippen molar-refractivity contribution >= 4 is 11.8 Å². The van der Waals surface area contributed by atoms with E-state index < -0.39 is 0 Å². The molecule has 106 valence electrons. The van der Waals surface area contributed by atoms with Crippen molar-refractivity contribution in [2.45, 2.75) is 13.0 Å². The molecular weight excluding hydrogens is 266 g/mol. The van der Waals surface area contributed by atoms with Gasteiger partial charge >= 0.3 is 0 Å². The number of imide groups is 1. The van der Waals surface area contributed by atoms with Crippen molar-refractivity contribution in [1.29, 1.82) is 0 Å². The molecule has 0 saturated carbocycles. The van der Waals surface area contributed by atoms with Gasteiger partial charge in [-0.1, -0.05) is 24.3 Å². The lowest BCUT2D eigenvalue weighted by molar-refractivity contribution is 0.0595. The van der Waals surface area contributed by atoms with Crippen LogP contribution in [0.4, 0.5) is 0 Å². The summed E-state index contributed by atoms with van der Waals surface area (Å²) in [6.45, 7) is 1.85. The van der Waals surface area contributed by atoms with E-state index in [-0.39, 0.29) is 17.9 Å². The van der Waals surface area contributed by atoms with Gasteiger partial charge in [-0.05, 0) is 36.8 Å². The highest BCUT2D eigenvalue weighted by Gasteiger charge is 2.38. The molecule has 4 heteroatoms. The molecule has 0 radical (unpaired) electrons. The van der Waals surface area contributed by atoms with Gasteiger partial charge in [0.1, 0.15) is 5.75 Å². The molecule has 0 aromatic heterocycles. The van der Waals surface area contributed by atoms with Crippen molar-refractivity contribution in [2.24, 2.45) is 0 Å². The zero-order chi connectivity index (χ0) is 15.0. The van der Waals surface area contributed by atoms with Crippen molar-refractivity contribution in [3.8, 4) is 5.75 Å². The third kappa shape index (κ3) is 2.09. The molecule has 21 heavy (non-hydrogen) atoms. The van der Waals surface area contributed by atoms with Crippen LogP contribution in [0.15, 0.2) is 48.5 Å². The number of amides is 2. The lowest BCUT2D eigenvalue weighted by Crippen LogP contribution is -2.32. The molecule has 1 unspecified atom stereocenters. The van der Waals surface area contributed by atoms with Crippen LogP contribution in [0.25, 0.3) is 0 Å². The Morgan fingerprint density at radius 1 is 0.905 bits per heavy atom. The molecule has 1 atom stereocenters. The van der Waals surface area contributed by atoms with Crippen LogP contribution < -0.4 is 4.74 Å². The molecule has 1 aliphatic rings. The van der Waals surface area contributed by atoms with E-state index in [2.05, 4.69) is 0 Å². The average molecular weight is 281 g/mol. The molecule has 2 amide bonds. The van der Waals surface area contributed by atoms with Crippen LogP contribution in [-0.2, 0) is 0 Å². The molecule has 2 aromatic rings. The van der Waals surface area contributed by atoms with E-state index in [9.17, 15) is 9.59 Å². The minimum Gasteiger partial charge on any atom is -0.497 e. The number of rotatable bonds is 3. The Bertz CT molecular complexity index is 671. The third-order valence-corrected chi connectivity index (χ3v) is 3.81. The normalized spacial score (nSPS) is 15.0. The number of hydrogen-bond acceptors (Lipinski definition) is 3. The zero-order valence-electron chi connectivity index (χ0n) is 11.9. The van der Waals surface area contributed by atoms with E-state index in [1.54, 1.807) is 31.4 Å². The topological polar surface area (TPSA) is 46.6 Å². The Labute approximate surface area is 123 Å². The van der Waals surface area contributed by atoms with E-state index in [0.29, 0.717) is 11.1 Å². The lowest BCUT2D eigenvalue weighted by atomic mass is 10.1. The van der Waals surface area contributed by atoms with Crippen molar-refractivity contribution in [1.82, 2.24) is 4.90 Å². The summed E-state index contributed by atoms with van der Waals surface area (Å²) in [5.41, 5.74) is 1.84. The Hall–Kier alpha value is -2.62. The summed E-state index contributed by atoms with van der Waals surface area (Å²) in [5.74, 6) is 0.270. The first kappa shape index (κ1) is 13.4. The average Bonchev–Trinajstić information content (AvgIpc) is 2.79. The van der Waals surface area contributed by atoms with Gasteiger partial charge in [-0.2, -0.15) is 0 Å². The van der Waals surface area contributed by atoms with E-state index in [1.807, 2.05) is 31.2 Å². The standard InChI is InChI=1S/C17H15NO3/c1-11(12-7-9-13(21-2)10-8-12)18-16(19)14-5-3-4-6-15(14)17(18)20/h3-11H,1-2H3. The zero-order valence-corrected chi connectivity index (χ0v) is 11.9. The second-order valence-electron chi connectivity index (χ2n) is 4.98. The van der Waals surface area contributed by atoms with Crippen LogP contribution >= 0.6 is 0 Å². The summed E-state index contributed by atoms with van der Waals surface area (Å²) >= 11 is 0. The van der Waals surface area contributed by atoms with Gasteiger partial charge in [0.25, 0.3) is 11.8 Å². The molecule has 3 rings (SSSR count). The number of methoxy groups -OCH3 is 1. The maximum atomic E-state index is 12.4. The molecule has 2 aromatic carbocycles. The van der Waals surface area contributed by atoms with E-state index in [0.717, 1.165) is 11.3 Å². The number of carbonyl (C=O) groups is 2. The predicted molar refractivity (Wildman–Crippen MR) is 78.4 cm³/mol. The second-order valence-corrected chi connectivity index (χ2v) is 4.98. The van der Waals surface area contributed by atoms with Crippen LogP contribution in [0.5, 0.6) is 5.75 Å². The molecule has 0 saturated heterocycles. The number of nitrogens with zero attached hydrogens (tertiary/aromatic N) is 1. The number of carbonyl (C=O) groups excluding carboxylic acids is 2. The molecule has 0 bridgehead atoms. The Morgan fingerprint density at radius 2 is 1.43 bits per heavy atom. The highest BCUT2D eigenvalue weighted by Crippen LogP contribution is 2.31. The van der Waals surface area contributed by atoms with Gasteiger partial charge in [-0.3, -0.25) is 14.5 Å². The largest absolute Gasteiger partial charge is 0.497 e. The first-order valence-electron chi connectivity index (χ1n) is 6.74. The summed E-state index contributed by atoms with van der Waals surface area (Å²) in [5, 5.41) is 0. The molecular formula is C17H15NO3. The highest BCUT2D eigenvalue weighted by molar-refractivity contribution is 6.21. The molecule has 0 N–H and O–H groups in total. The Morgan fingerprint density at radius 3 is 1.90 bits per heavy atom. The predicted octanol–water partition coefficient (Wildman–Crippen LogP) is 3.05. The fourth-order valence-electron chi connectivity index (χ4n) is 2.59. The summed E-state index contributed by atoms with van der Waals surface area (Å²) in [6, 6.07) is 14.0. The van der Waals surface area contributed by atoms with Crippen LogP contribution in [0.3, 0.4) is 0 Å². The third-order valence-electron chi connectivity index (χ3n) is 3.81. The van der Waals surface area contributed by atoms with Crippen LogP contribution in [-0.4, -0.2) is 23.8 Å². The van der Waals surface area contributed by atoms with Gasteiger partial charge in [-0.25, -0.2) is 0 Å². The maximum absolute atomic E-state index is 12.4. The summed E-state index contributed by atoms with van der Waals surface area (Å²) in [4.78, 5) is 26.2. The van der Waals surface area contributed by atoms with Crippen LogP contribution in [0, 0.1) is 0 Å². The van der Waals surface area contributed by atoms with Gasteiger partial charge in [0.05, 0.1) is 24.3 Å². The van der Waals surface area contributed by atoms with Gasteiger partial charge < -0.3 is 4.74 Å². The minimum atomic E-state index is -0.316. The maximum Gasteiger partial charge on any atom is 0.262 e. The molecule has 1 heterocycles. The summed E-state index contributed by atoms with van der Waals surface area (Å²) in [7, 11) is 1.60. The molecule has 4 nitrogen and oxygen atoms in total. The Kier molecular flexibility index (Phi) is 3.22. The van der Waals surface area contributed by atoms with Crippen molar-refractivity contribution in [3.63, 3.8) is 0 Å². The Balaban J connectivity index is 1.94. The summed E-state index contributed by atoms with van der Waals surface area (Å²) < 4.78 is 5.12. The van der Waals surface area contributed by atoms with E-state index in [4.69, 9.17) is 4.74 Å². The highest BCUT2D eigenvalue weighted by atomic mass is 16.5. The van der Waals surface area contributed by atoms with Crippen molar-refractivity contribution in [2.75, 3.05) is 7.11 Å². The van der Waals surface area contributed by atoms with Gasteiger partial charge in [0.15, 0.2) is 0 Å². The fourth-order valence-corrected chi connectivity index (χ4v) is 2.59.